The van der Waals surface area contributed by atoms with Crippen molar-refractivity contribution in [2.75, 3.05) is 0 Å². The molecule has 162 valence electrons. The third kappa shape index (κ3) is 4.98. The summed E-state index contributed by atoms with van der Waals surface area (Å²) in [4.78, 5) is 10.7. The van der Waals surface area contributed by atoms with E-state index in [4.69, 9.17) is 5.11 Å². The van der Waals surface area contributed by atoms with Gasteiger partial charge in [0.15, 0.2) is 11.6 Å². The zero-order valence-corrected chi connectivity index (χ0v) is 17.5. The average molecular weight is 445 g/mol. The number of hydrogen-bond donors (Lipinski definition) is 1. The van der Waals surface area contributed by atoms with Gasteiger partial charge in [-0.2, -0.15) is 4.31 Å². The van der Waals surface area contributed by atoms with E-state index in [1.165, 1.54) is 28.6 Å². The Labute approximate surface area is 179 Å². The number of rotatable bonds is 8. The van der Waals surface area contributed by atoms with Crippen LogP contribution in [0.25, 0.3) is 0 Å². The molecule has 5 nitrogen and oxygen atoms in total. The minimum Gasteiger partial charge on any atom is -0.478 e. The lowest BCUT2D eigenvalue weighted by Crippen LogP contribution is -2.34. The maximum Gasteiger partial charge on any atom is 0.335 e. The minimum atomic E-state index is -4.21. The maximum absolute atomic E-state index is 13.8. The summed E-state index contributed by atoms with van der Waals surface area (Å²) in [6.45, 7) is 1.76. The van der Waals surface area contributed by atoms with E-state index in [-0.39, 0.29) is 17.0 Å². The largest absolute Gasteiger partial charge is 0.478 e. The summed E-state index contributed by atoms with van der Waals surface area (Å²) >= 11 is 0. The molecular formula is C23H21F2NO4S. The summed E-state index contributed by atoms with van der Waals surface area (Å²) in [7, 11) is -4.21. The number of halogens is 2. The molecule has 0 spiro atoms. The van der Waals surface area contributed by atoms with Crippen LogP contribution in [0.3, 0.4) is 0 Å². The van der Waals surface area contributed by atoms with Gasteiger partial charge in [0.1, 0.15) is 0 Å². The van der Waals surface area contributed by atoms with E-state index in [0.717, 1.165) is 17.7 Å². The molecule has 0 saturated carbocycles. The summed E-state index contributed by atoms with van der Waals surface area (Å²) in [5, 5.41) is 9.09. The molecule has 0 heterocycles. The van der Waals surface area contributed by atoms with Gasteiger partial charge in [-0.15, -0.1) is 0 Å². The first kappa shape index (κ1) is 22.6. The molecule has 0 bridgehead atoms. The topological polar surface area (TPSA) is 74.7 Å². The Bertz CT molecular complexity index is 1170. The zero-order chi connectivity index (χ0) is 22.6. The van der Waals surface area contributed by atoms with Gasteiger partial charge in [0.2, 0.25) is 10.0 Å². The van der Waals surface area contributed by atoms with Gasteiger partial charge in [-0.1, -0.05) is 49.4 Å². The molecule has 0 saturated heterocycles. The molecule has 0 aliphatic heterocycles. The van der Waals surface area contributed by atoms with Crippen molar-refractivity contribution in [1.29, 1.82) is 0 Å². The minimum absolute atomic E-state index is 0.0748. The highest BCUT2D eigenvalue weighted by molar-refractivity contribution is 7.89. The number of carbonyl (C=O) groups is 1. The van der Waals surface area contributed by atoms with Crippen molar-refractivity contribution in [2.45, 2.75) is 30.8 Å². The van der Waals surface area contributed by atoms with Gasteiger partial charge in [0.05, 0.1) is 16.5 Å². The lowest BCUT2D eigenvalue weighted by Gasteiger charge is -2.31. The van der Waals surface area contributed by atoms with Crippen LogP contribution < -0.4 is 0 Å². The number of aromatic carboxylic acids is 1. The van der Waals surface area contributed by atoms with Gasteiger partial charge in [0, 0.05) is 6.54 Å². The molecular weight excluding hydrogens is 424 g/mol. The molecule has 8 heteroatoms. The highest BCUT2D eigenvalue weighted by Gasteiger charge is 2.32. The molecule has 0 radical (unpaired) electrons. The van der Waals surface area contributed by atoms with Crippen LogP contribution in [0.4, 0.5) is 8.78 Å². The summed E-state index contributed by atoms with van der Waals surface area (Å²) < 4.78 is 55.4. The lowest BCUT2D eigenvalue weighted by molar-refractivity contribution is 0.0697. The third-order valence-electron chi connectivity index (χ3n) is 4.96. The van der Waals surface area contributed by atoms with Crippen LogP contribution in [0.2, 0.25) is 0 Å². The van der Waals surface area contributed by atoms with Gasteiger partial charge < -0.3 is 5.11 Å². The zero-order valence-electron chi connectivity index (χ0n) is 16.7. The number of nitrogens with zero attached hydrogens (tertiary/aromatic N) is 1. The fourth-order valence-electron chi connectivity index (χ4n) is 3.35. The molecule has 1 atom stereocenters. The Hall–Kier alpha value is -3.10. The monoisotopic (exact) mass is 445 g/mol. The highest BCUT2D eigenvalue weighted by Crippen LogP contribution is 2.32. The first-order chi connectivity index (χ1) is 14.7. The predicted octanol–water partition coefficient (Wildman–Crippen LogP) is 5.01. The van der Waals surface area contributed by atoms with Crippen LogP contribution in [-0.2, 0) is 16.6 Å². The van der Waals surface area contributed by atoms with Crippen LogP contribution in [-0.4, -0.2) is 23.8 Å². The van der Waals surface area contributed by atoms with Crippen molar-refractivity contribution in [3.05, 3.63) is 101 Å². The van der Waals surface area contributed by atoms with Gasteiger partial charge in [-0.3, -0.25) is 0 Å². The molecule has 0 fully saturated rings. The van der Waals surface area contributed by atoms with E-state index >= 15 is 0 Å². The third-order valence-corrected chi connectivity index (χ3v) is 6.81. The number of hydrogen-bond acceptors (Lipinski definition) is 3. The van der Waals surface area contributed by atoms with Crippen molar-refractivity contribution in [1.82, 2.24) is 4.31 Å². The Morgan fingerprint density at radius 1 is 0.968 bits per heavy atom. The van der Waals surface area contributed by atoms with Gasteiger partial charge >= 0.3 is 5.97 Å². The average Bonchev–Trinajstić information content (AvgIpc) is 2.76. The number of sulfonamides is 1. The standard InChI is InChI=1S/C23H21F2NO4S/c1-2-22(17-6-4-3-5-7-17)26(15-16-8-10-18(11-9-16)23(27)28)31(29,30)19-12-13-20(24)21(25)14-19/h3-14,22H,2,15H2,1H3,(H,27,28). The molecule has 0 amide bonds. The SMILES string of the molecule is CCC(c1ccccc1)N(Cc1ccc(C(=O)O)cc1)S(=O)(=O)c1ccc(F)c(F)c1. The number of carboxylic acid groups (broad SMARTS) is 1. The number of benzene rings is 3. The lowest BCUT2D eigenvalue weighted by atomic mass is 10.0. The molecule has 31 heavy (non-hydrogen) atoms. The summed E-state index contributed by atoms with van der Waals surface area (Å²) in [5.74, 6) is -3.47. The van der Waals surface area contributed by atoms with Crippen LogP contribution in [0.5, 0.6) is 0 Å². The molecule has 3 rings (SSSR count). The van der Waals surface area contributed by atoms with E-state index < -0.39 is 33.7 Å². The molecule has 3 aromatic rings. The number of carboxylic acids is 1. The van der Waals surface area contributed by atoms with E-state index in [9.17, 15) is 22.0 Å². The van der Waals surface area contributed by atoms with Gasteiger partial charge in [-0.25, -0.2) is 22.0 Å². The smallest absolute Gasteiger partial charge is 0.335 e. The Morgan fingerprint density at radius 2 is 1.61 bits per heavy atom. The van der Waals surface area contributed by atoms with Crippen LogP contribution in [0.15, 0.2) is 77.7 Å². The van der Waals surface area contributed by atoms with Gasteiger partial charge in [-0.05, 0) is 47.9 Å². The van der Waals surface area contributed by atoms with Crippen molar-refractivity contribution in [3.8, 4) is 0 Å². The normalized spacial score (nSPS) is 12.6. The Balaban J connectivity index is 2.08. The van der Waals surface area contributed by atoms with Crippen LogP contribution in [0.1, 0.15) is 40.9 Å². The summed E-state index contributed by atoms with van der Waals surface area (Å²) in [5.41, 5.74) is 1.39. The second kappa shape index (κ2) is 9.36. The maximum atomic E-state index is 13.8. The Kier molecular flexibility index (Phi) is 6.82. The molecule has 1 unspecified atom stereocenters. The van der Waals surface area contributed by atoms with E-state index in [1.807, 2.05) is 13.0 Å². The summed E-state index contributed by atoms with van der Waals surface area (Å²) in [6.07, 6.45) is 0.431. The molecule has 0 aromatic heterocycles. The van der Waals surface area contributed by atoms with E-state index in [0.29, 0.717) is 18.1 Å². The predicted molar refractivity (Wildman–Crippen MR) is 112 cm³/mol. The second-order valence-electron chi connectivity index (χ2n) is 6.96. The highest BCUT2D eigenvalue weighted by atomic mass is 32.2. The molecule has 0 aliphatic carbocycles. The fourth-order valence-corrected chi connectivity index (χ4v) is 5.04. The Morgan fingerprint density at radius 3 is 2.16 bits per heavy atom. The van der Waals surface area contributed by atoms with Crippen molar-refractivity contribution in [2.24, 2.45) is 0 Å². The van der Waals surface area contributed by atoms with Crippen LogP contribution >= 0.6 is 0 Å². The molecule has 0 aliphatic rings. The van der Waals surface area contributed by atoms with E-state index in [1.54, 1.807) is 24.3 Å². The first-order valence-corrected chi connectivity index (χ1v) is 11.0. The van der Waals surface area contributed by atoms with Gasteiger partial charge in [0.25, 0.3) is 0 Å². The van der Waals surface area contributed by atoms with Crippen molar-refractivity contribution >= 4 is 16.0 Å². The fraction of sp³-hybridized carbons (Fsp3) is 0.174. The first-order valence-electron chi connectivity index (χ1n) is 9.58. The van der Waals surface area contributed by atoms with Crippen molar-refractivity contribution < 1.29 is 27.1 Å². The van der Waals surface area contributed by atoms with Crippen LogP contribution in [0, 0.1) is 11.6 Å². The second-order valence-corrected chi connectivity index (χ2v) is 8.85. The summed E-state index contributed by atoms with van der Waals surface area (Å²) in [6, 6.07) is 16.8. The molecule has 1 N–H and O–H groups in total. The quantitative estimate of drug-likeness (QED) is 0.529. The van der Waals surface area contributed by atoms with E-state index in [2.05, 4.69) is 0 Å². The van der Waals surface area contributed by atoms with Crippen molar-refractivity contribution in [3.63, 3.8) is 0 Å². The molecule has 3 aromatic carbocycles.